The molecule has 2 N–H and O–H groups in total. The lowest BCUT2D eigenvalue weighted by Gasteiger charge is -2.25. The van der Waals surface area contributed by atoms with E-state index in [0.29, 0.717) is 0 Å². The molecule has 0 saturated heterocycles. The average molecular weight is 344 g/mol. The van der Waals surface area contributed by atoms with Gasteiger partial charge in [0.15, 0.2) is 0 Å². The molecule has 0 spiro atoms. The number of rotatable bonds is 10. The van der Waals surface area contributed by atoms with Crippen molar-refractivity contribution in [2.24, 2.45) is 0 Å². The zero-order valence-electron chi connectivity index (χ0n) is 12.8. The fraction of sp³-hybridized carbons (Fsp3) is 0.909. The summed E-state index contributed by atoms with van der Waals surface area (Å²) in [5.74, 6) is -1.58. The molecule has 0 bridgehead atoms. The maximum atomic E-state index is 11.9. The molecule has 0 aromatic heterocycles. The zero-order valence-corrected chi connectivity index (χ0v) is 14.4. The van der Waals surface area contributed by atoms with Crippen LogP contribution in [0.5, 0.6) is 0 Å². The molecule has 0 aromatic rings. The highest BCUT2D eigenvalue weighted by Crippen LogP contribution is 2.13. The summed E-state index contributed by atoms with van der Waals surface area (Å²) in [6.07, 6.45) is -0.0209. The van der Waals surface area contributed by atoms with E-state index in [1.54, 1.807) is 13.8 Å². The smallest absolute Gasteiger partial charge is 0.303 e. The van der Waals surface area contributed by atoms with E-state index in [1.807, 2.05) is 0 Å². The van der Waals surface area contributed by atoms with Gasteiger partial charge >= 0.3 is 5.97 Å². The van der Waals surface area contributed by atoms with E-state index in [1.165, 1.54) is 14.1 Å². The summed E-state index contributed by atoms with van der Waals surface area (Å²) in [6, 6.07) is 0. The molecule has 0 amide bonds. The Balaban J connectivity index is 4.48. The van der Waals surface area contributed by atoms with Crippen LogP contribution in [-0.2, 0) is 24.8 Å². The Morgan fingerprint density at radius 1 is 1.14 bits per heavy atom. The lowest BCUT2D eigenvalue weighted by Crippen LogP contribution is -2.44. The normalized spacial score (nSPS) is 13.6. The molecule has 0 aliphatic rings. The van der Waals surface area contributed by atoms with Crippen molar-refractivity contribution in [3.8, 4) is 0 Å². The predicted octanol–water partition coefficient (Wildman–Crippen LogP) is -0.169. The van der Waals surface area contributed by atoms with Gasteiger partial charge in [0, 0.05) is 26.1 Å². The summed E-state index contributed by atoms with van der Waals surface area (Å²) in [4.78, 5) is 10.5. The minimum Gasteiger partial charge on any atom is -0.481 e. The van der Waals surface area contributed by atoms with Crippen molar-refractivity contribution in [2.45, 2.75) is 38.6 Å². The van der Waals surface area contributed by atoms with Crippen LogP contribution in [0.3, 0.4) is 0 Å². The summed E-state index contributed by atoms with van der Waals surface area (Å²) in [5.41, 5.74) is -0.891. The summed E-state index contributed by atoms with van der Waals surface area (Å²) in [6.45, 7) is 3.17. The highest BCUT2D eigenvalue weighted by Gasteiger charge is 2.26. The van der Waals surface area contributed by atoms with Gasteiger partial charge in [0.05, 0.1) is 11.5 Å². The number of hydrogen-bond donors (Lipinski definition) is 2. The Kier molecular flexibility index (Phi) is 7.27. The average Bonchev–Trinajstić information content (AvgIpc) is 2.24. The predicted molar refractivity (Wildman–Crippen MR) is 80.0 cm³/mol. The van der Waals surface area contributed by atoms with Crippen molar-refractivity contribution >= 4 is 26.0 Å². The minimum absolute atomic E-state index is 0.0230. The lowest BCUT2D eigenvalue weighted by molar-refractivity contribution is -0.137. The van der Waals surface area contributed by atoms with Crippen LogP contribution >= 0.6 is 0 Å². The fourth-order valence-electron chi connectivity index (χ4n) is 1.56. The van der Waals surface area contributed by atoms with Gasteiger partial charge in [-0.3, -0.25) is 4.79 Å². The monoisotopic (exact) mass is 344 g/mol. The van der Waals surface area contributed by atoms with Gasteiger partial charge in [-0.2, -0.15) is 0 Å². The lowest BCUT2D eigenvalue weighted by atomic mass is 10.0. The van der Waals surface area contributed by atoms with Gasteiger partial charge in [-0.1, -0.05) is 0 Å². The fourth-order valence-corrected chi connectivity index (χ4v) is 4.18. The molecule has 0 aromatic carbocycles. The Hall–Kier alpha value is -0.710. The number of nitrogens with one attached hydrogen (secondary N) is 1. The Morgan fingerprint density at radius 2 is 1.67 bits per heavy atom. The maximum Gasteiger partial charge on any atom is 0.303 e. The molecule has 8 nitrogen and oxygen atoms in total. The molecular weight excluding hydrogens is 320 g/mol. The van der Waals surface area contributed by atoms with E-state index in [9.17, 15) is 21.6 Å². The topological polar surface area (TPSA) is 121 Å². The summed E-state index contributed by atoms with van der Waals surface area (Å²) in [7, 11) is -4.31. The van der Waals surface area contributed by atoms with Crippen molar-refractivity contribution in [1.29, 1.82) is 0 Å². The van der Waals surface area contributed by atoms with E-state index < -0.39 is 31.6 Å². The number of carbonyl (C=O) groups is 1. The molecule has 0 heterocycles. The van der Waals surface area contributed by atoms with E-state index in [2.05, 4.69) is 4.72 Å². The number of hydrogen-bond acceptors (Lipinski definition) is 5. The van der Waals surface area contributed by atoms with E-state index >= 15 is 0 Å². The van der Waals surface area contributed by atoms with Crippen LogP contribution in [0.15, 0.2) is 0 Å². The van der Waals surface area contributed by atoms with Crippen molar-refractivity contribution in [2.75, 3.05) is 25.6 Å². The summed E-state index contributed by atoms with van der Waals surface area (Å²) < 4.78 is 50.3. The highest BCUT2D eigenvalue weighted by molar-refractivity contribution is 7.90. The third-order valence-corrected chi connectivity index (χ3v) is 6.37. The van der Waals surface area contributed by atoms with Gasteiger partial charge in [0.1, 0.15) is 0 Å². The first kappa shape index (κ1) is 20.3. The van der Waals surface area contributed by atoms with Crippen LogP contribution in [0, 0.1) is 0 Å². The number of sulfonamides is 2. The molecule has 0 atom stereocenters. The molecule has 0 radical (unpaired) electrons. The van der Waals surface area contributed by atoms with Crippen LogP contribution in [0.25, 0.3) is 0 Å². The van der Waals surface area contributed by atoms with Crippen LogP contribution in [0.4, 0.5) is 0 Å². The largest absolute Gasteiger partial charge is 0.481 e. The number of carboxylic acids is 1. The Labute approximate surface area is 126 Å². The van der Waals surface area contributed by atoms with Gasteiger partial charge in [-0.15, -0.1) is 0 Å². The van der Waals surface area contributed by atoms with Crippen molar-refractivity contribution < 1.29 is 26.7 Å². The van der Waals surface area contributed by atoms with E-state index in [0.717, 1.165) is 4.31 Å². The molecule has 10 heteroatoms. The molecule has 0 saturated carbocycles. The van der Waals surface area contributed by atoms with Gasteiger partial charge in [0.2, 0.25) is 20.0 Å². The SMILES string of the molecule is CN(C)S(=O)(=O)CCCS(=O)(=O)NC(C)(C)CCC(=O)O. The minimum atomic E-state index is -3.66. The Bertz CT molecular complexity index is 551. The second-order valence-electron chi connectivity index (χ2n) is 5.65. The molecule has 0 aliphatic heterocycles. The molecule has 0 rings (SSSR count). The number of carboxylic acid groups (broad SMARTS) is 1. The summed E-state index contributed by atoms with van der Waals surface area (Å²) in [5, 5.41) is 8.61. The van der Waals surface area contributed by atoms with Crippen LogP contribution in [0.1, 0.15) is 33.1 Å². The van der Waals surface area contributed by atoms with Crippen molar-refractivity contribution in [1.82, 2.24) is 9.03 Å². The number of nitrogens with zero attached hydrogens (tertiary/aromatic N) is 1. The highest BCUT2D eigenvalue weighted by atomic mass is 32.2. The second-order valence-corrected chi connectivity index (χ2v) is 9.79. The standard InChI is InChI=1S/C11H24N2O6S2/c1-11(2,7-6-10(14)15)12-20(16,17)8-5-9-21(18,19)13(3)4/h12H,5-9H2,1-4H3,(H,14,15). The second kappa shape index (κ2) is 7.52. The van der Waals surface area contributed by atoms with Crippen LogP contribution in [-0.4, -0.2) is 63.4 Å². The first-order valence-corrected chi connectivity index (χ1v) is 9.67. The van der Waals surface area contributed by atoms with Crippen molar-refractivity contribution in [3.05, 3.63) is 0 Å². The van der Waals surface area contributed by atoms with Gasteiger partial charge in [-0.25, -0.2) is 25.9 Å². The molecule has 0 aliphatic carbocycles. The molecule has 0 fully saturated rings. The van der Waals surface area contributed by atoms with Gasteiger partial charge in [-0.05, 0) is 26.7 Å². The quantitative estimate of drug-likeness (QED) is 0.567. The molecule has 0 unspecified atom stereocenters. The first-order chi connectivity index (χ1) is 9.27. The first-order valence-electron chi connectivity index (χ1n) is 6.41. The van der Waals surface area contributed by atoms with Gasteiger partial charge in [0.25, 0.3) is 0 Å². The molecule has 21 heavy (non-hydrogen) atoms. The maximum absolute atomic E-state index is 11.9. The Morgan fingerprint density at radius 3 is 2.10 bits per heavy atom. The molecule has 126 valence electrons. The molecular formula is C11H24N2O6S2. The summed E-state index contributed by atoms with van der Waals surface area (Å²) >= 11 is 0. The van der Waals surface area contributed by atoms with Crippen LogP contribution < -0.4 is 4.72 Å². The van der Waals surface area contributed by atoms with Gasteiger partial charge < -0.3 is 5.11 Å². The van der Waals surface area contributed by atoms with E-state index in [4.69, 9.17) is 5.11 Å². The third kappa shape index (κ3) is 9.02. The van der Waals surface area contributed by atoms with Crippen molar-refractivity contribution in [3.63, 3.8) is 0 Å². The van der Waals surface area contributed by atoms with Crippen LogP contribution in [0.2, 0.25) is 0 Å². The van der Waals surface area contributed by atoms with E-state index in [-0.39, 0.29) is 30.8 Å². The third-order valence-electron chi connectivity index (χ3n) is 2.77. The zero-order chi connectivity index (χ0) is 16.9. The number of aliphatic carboxylic acids is 1.